The minimum atomic E-state index is -0.426. The molecular weight excluding hydrogens is 378 g/mol. The van der Waals surface area contributed by atoms with Crippen LogP contribution in [-0.4, -0.2) is 33.4 Å². The van der Waals surface area contributed by atoms with E-state index in [0.29, 0.717) is 29.4 Å². The molecule has 2 aromatic carbocycles. The third-order valence-electron chi connectivity index (χ3n) is 4.61. The predicted molar refractivity (Wildman–Crippen MR) is 107 cm³/mol. The second-order valence-electron chi connectivity index (χ2n) is 6.65. The molecule has 4 rings (SSSR count). The van der Waals surface area contributed by atoms with Crippen LogP contribution in [0.15, 0.2) is 48.7 Å². The summed E-state index contributed by atoms with van der Waals surface area (Å²) >= 11 is 6.23. The van der Waals surface area contributed by atoms with Gasteiger partial charge < -0.3 is 10.2 Å². The van der Waals surface area contributed by atoms with Crippen molar-refractivity contribution < 1.29 is 9.59 Å². The zero-order valence-corrected chi connectivity index (χ0v) is 16.0. The van der Waals surface area contributed by atoms with Crippen molar-refractivity contribution >= 4 is 34.8 Å². The van der Waals surface area contributed by atoms with Crippen molar-refractivity contribution in [3.63, 3.8) is 0 Å². The van der Waals surface area contributed by atoms with Gasteiger partial charge in [0.05, 0.1) is 22.6 Å². The maximum atomic E-state index is 12.6. The number of nitrogens with one attached hydrogen (secondary N) is 1. The molecule has 7 nitrogen and oxygen atoms in total. The Morgan fingerprint density at radius 1 is 1.14 bits per heavy atom. The van der Waals surface area contributed by atoms with E-state index < -0.39 is 5.91 Å². The molecule has 1 aliphatic heterocycles. The third kappa shape index (κ3) is 3.61. The quantitative estimate of drug-likeness (QED) is 0.731. The van der Waals surface area contributed by atoms with Crippen molar-refractivity contribution in [2.75, 3.05) is 16.8 Å². The van der Waals surface area contributed by atoms with Crippen molar-refractivity contribution in [3.8, 4) is 5.69 Å². The first-order valence-electron chi connectivity index (χ1n) is 8.92. The van der Waals surface area contributed by atoms with Crippen LogP contribution in [0.4, 0.5) is 11.4 Å². The van der Waals surface area contributed by atoms with Crippen molar-refractivity contribution in [2.24, 2.45) is 0 Å². The van der Waals surface area contributed by atoms with Gasteiger partial charge in [0, 0.05) is 18.7 Å². The van der Waals surface area contributed by atoms with E-state index in [9.17, 15) is 9.59 Å². The Labute approximate surface area is 166 Å². The fourth-order valence-electron chi connectivity index (χ4n) is 3.08. The number of hydrogen-bond donors (Lipinski definition) is 1. The number of nitrogens with zero attached hydrogens (tertiary/aromatic N) is 4. The first-order valence-corrected chi connectivity index (χ1v) is 9.30. The highest BCUT2D eigenvalue weighted by molar-refractivity contribution is 6.34. The molecule has 1 fully saturated rings. The Kier molecular flexibility index (Phi) is 4.83. The van der Waals surface area contributed by atoms with Crippen LogP contribution in [0.25, 0.3) is 5.69 Å². The molecule has 0 spiro atoms. The zero-order valence-electron chi connectivity index (χ0n) is 15.2. The van der Waals surface area contributed by atoms with Gasteiger partial charge in [-0.25, -0.2) is 4.68 Å². The number of hydrogen-bond acceptors (Lipinski definition) is 4. The van der Waals surface area contributed by atoms with Crippen LogP contribution in [0, 0.1) is 6.92 Å². The second-order valence-corrected chi connectivity index (χ2v) is 7.06. The lowest BCUT2D eigenvalue weighted by Gasteiger charge is -2.17. The highest BCUT2D eigenvalue weighted by Crippen LogP contribution is 2.30. The van der Waals surface area contributed by atoms with Crippen LogP contribution in [-0.2, 0) is 4.79 Å². The van der Waals surface area contributed by atoms with Crippen LogP contribution in [0.3, 0.4) is 0 Å². The summed E-state index contributed by atoms with van der Waals surface area (Å²) < 4.78 is 1.54. The molecule has 0 aliphatic carbocycles. The van der Waals surface area contributed by atoms with Gasteiger partial charge in [-0.15, -0.1) is 5.10 Å². The molecule has 2 heterocycles. The topological polar surface area (TPSA) is 80.1 Å². The summed E-state index contributed by atoms with van der Waals surface area (Å²) in [6.45, 7) is 2.66. The zero-order chi connectivity index (χ0) is 19.7. The Hall–Kier alpha value is -3.19. The number of aryl methyl sites for hydroxylation is 1. The van der Waals surface area contributed by atoms with Gasteiger partial charge in [0.2, 0.25) is 5.91 Å². The maximum absolute atomic E-state index is 12.6. The van der Waals surface area contributed by atoms with E-state index in [1.165, 1.54) is 4.68 Å². The van der Waals surface area contributed by atoms with Crippen LogP contribution >= 0.6 is 11.6 Å². The number of halogens is 1. The molecule has 1 aliphatic rings. The first kappa shape index (κ1) is 18.2. The predicted octanol–water partition coefficient (Wildman–Crippen LogP) is 3.61. The Bertz CT molecular complexity index is 1050. The number of aromatic nitrogens is 3. The number of rotatable bonds is 4. The fraction of sp³-hybridized carbons (Fsp3) is 0.200. The molecule has 0 radical (unpaired) electrons. The lowest BCUT2D eigenvalue weighted by Crippen LogP contribution is -2.23. The molecule has 28 heavy (non-hydrogen) atoms. The minimum absolute atomic E-state index is 0.0700. The molecule has 1 N–H and O–H groups in total. The molecule has 142 valence electrons. The average molecular weight is 396 g/mol. The molecule has 1 aromatic heterocycles. The van der Waals surface area contributed by atoms with Gasteiger partial charge in [-0.05, 0) is 43.7 Å². The summed E-state index contributed by atoms with van der Waals surface area (Å²) in [7, 11) is 0. The Balaban J connectivity index is 1.54. The largest absolute Gasteiger partial charge is 0.319 e. The van der Waals surface area contributed by atoms with Crippen LogP contribution < -0.4 is 10.2 Å². The van der Waals surface area contributed by atoms with E-state index in [0.717, 1.165) is 17.7 Å². The van der Waals surface area contributed by atoms with Gasteiger partial charge in [-0.2, -0.15) is 0 Å². The number of anilines is 2. The number of benzene rings is 2. The molecule has 2 amide bonds. The van der Waals surface area contributed by atoms with Gasteiger partial charge in [0.15, 0.2) is 5.69 Å². The van der Waals surface area contributed by atoms with E-state index in [-0.39, 0.29) is 11.6 Å². The molecule has 0 unspecified atom stereocenters. The Morgan fingerprint density at radius 3 is 2.61 bits per heavy atom. The molecule has 0 bridgehead atoms. The molecule has 3 aromatic rings. The summed E-state index contributed by atoms with van der Waals surface area (Å²) in [5.74, 6) is -0.356. The summed E-state index contributed by atoms with van der Waals surface area (Å²) in [5, 5.41) is 11.1. The average Bonchev–Trinajstić information content (AvgIpc) is 3.33. The maximum Gasteiger partial charge on any atom is 0.277 e. The molecule has 8 heteroatoms. The van der Waals surface area contributed by atoms with Gasteiger partial charge >= 0.3 is 0 Å². The first-order chi connectivity index (χ1) is 13.5. The van der Waals surface area contributed by atoms with Gasteiger partial charge in [0.1, 0.15) is 0 Å². The molecular formula is C20H18ClN5O2. The lowest BCUT2D eigenvalue weighted by atomic mass is 10.2. The minimum Gasteiger partial charge on any atom is -0.319 e. The number of amides is 2. The van der Waals surface area contributed by atoms with Crippen molar-refractivity contribution in [2.45, 2.75) is 19.8 Å². The third-order valence-corrected chi connectivity index (χ3v) is 4.94. The molecule has 1 saturated heterocycles. The number of carbonyl (C=O) groups excluding carboxylic acids is 2. The van der Waals surface area contributed by atoms with Gasteiger partial charge in [-0.1, -0.05) is 34.5 Å². The van der Waals surface area contributed by atoms with E-state index in [1.54, 1.807) is 29.3 Å². The molecule has 0 atom stereocenters. The van der Waals surface area contributed by atoms with E-state index >= 15 is 0 Å². The van der Waals surface area contributed by atoms with E-state index in [1.807, 2.05) is 31.2 Å². The van der Waals surface area contributed by atoms with Crippen LogP contribution in [0.2, 0.25) is 5.02 Å². The highest BCUT2D eigenvalue weighted by atomic mass is 35.5. The summed E-state index contributed by atoms with van der Waals surface area (Å²) in [5.41, 5.74) is 3.25. The fourth-order valence-corrected chi connectivity index (χ4v) is 3.24. The van der Waals surface area contributed by atoms with Gasteiger partial charge in [0.25, 0.3) is 5.91 Å². The highest BCUT2D eigenvalue weighted by Gasteiger charge is 2.23. The van der Waals surface area contributed by atoms with Gasteiger partial charge in [-0.3, -0.25) is 9.59 Å². The monoisotopic (exact) mass is 395 g/mol. The van der Waals surface area contributed by atoms with E-state index in [4.69, 9.17) is 11.6 Å². The van der Waals surface area contributed by atoms with E-state index in [2.05, 4.69) is 15.6 Å². The summed E-state index contributed by atoms with van der Waals surface area (Å²) in [6.07, 6.45) is 2.92. The smallest absolute Gasteiger partial charge is 0.277 e. The summed E-state index contributed by atoms with van der Waals surface area (Å²) in [4.78, 5) is 26.2. The van der Waals surface area contributed by atoms with Crippen molar-refractivity contribution in [1.82, 2.24) is 15.0 Å². The SMILES string of the molecule is Cc1ccc(-n2cc(C(=O)Nc3cc(N4CCCC4=O)ccc3Cl)nn2)cc1. The van der Waals surface area contributed by atoms with Crippen molar-refractivity contribution in [1.29, 1.82) is 0 Å². The Morgan fingerprint density at radius 2 is 1.89 bits per heavy atom. The normalized spacial score (nSPS) is 13.8. The second kappa shape index (κ2) is 7.44. The molecule has 0 saturated carbocycles. The van der Waals surface area contributed by atoms with Crippen LogP contribution in [0.5, 0.6) is 0 Å². The lowest BCUT2D eigenvalue weighted by molar-refractivity contribution is -0.117. The van der Waals surface area contributed by atoms with Crippen molar-refractivity contribution in [3.05, 3.63) is 64.9 Å². The standard InChI is InChI=1S/C20H18ClN5O2/c1-13-4-6-14(7-5-13)26-12-18(23-24-26)20(28)22-17-11-15(8-9-16(17)21)25-10-2-3-19(25)27/h4-9,11-12H,2-3,10H2,1H3,(H,22,28). The van der Waals surface area contributed by atoms with Crippen LogP contribution in [0.1, 0.15) is 28.9 Å². The number of carbonyl (C=O) groups is 2. The summed E-state index contributed by atoms with van der Waals surface area (Å²) in [6, 6.07) is 12.9.